The van der Waals surface area contributed by atoms with Gasteiger partial charge in [-0.3, -0.25) is 0 Å². The van der Waals surface area contributed by atoms with Crippen molar-refractivity contribution in [3.8, 4) is 0 Å². The number of alkyl halides is 3. The highest BCUT2D eigenvalue weighted by Gasteiger charge is 2.36. The second-order valence-corrected chi connectivity index (χ2v) is 5.97. The number of piperazine rings is 1. The fourth-order valence-corrected chi connectivity index (χ4v) is 3.46. The highest BCUT2D eigenvalue weighted by molar-refractivity contribution is 5.48. The molecule has 6 heteroatoms. The number of quaternary nitrogens is 1. The van der Waals surface area contributed by atoms with Gasteiger partial charge in [-0.15, -0.1) is 0 Å². The minimum absolute atomic E-state index is 0. The molecule has 0 bridgehead atoms. The molecule has 1 spiro atoms. The predicted molar refractivity (Wildman–Crippen MR) is 72.6 cm³/mol. The Hall–Kier alpha value is -0.750. The third kappa shape index (κ3) is 3.54. The molecule has 1 aromatic carbocycles. The van der Waals surface area contributed by atoms with Crippen molar-refractivity contribution in [1.29, 1.82) is 0 Å². The summed E-state index contributed by atoms with van der Waals surface area (Å²) in [4.78, 5) is 2.21. The van der Waals surface area contributed by atoms with Crippen molar-refractivity contribution >= 4 is 5.69 Å². The van der Waals surface area contributed by atoms with E-state index in [1.807, 2.05) is 0 Å². The number of hydrogen-bond acceptors (Lipinski definition) is 1. The highest BCUT2D eigenvalue weighted by atomic mass is 79.9. The summed E-state index contributed by atoms with van der Waals surface area (Å²) in [7, 11) is 0. The van der Waals surface area contributed by atoms with Crippen LogP contribution in [0.5, 0.6) is 0 Å². The van der Waals surface area contributed by atoms with Crippen LogP contribution in [0.4, 0.5) is 18.9 Å². The van der Waals surface area contributed by atoms with Crippen molar-refractivity contribution in [1.82, 2.24) is 0 Å². The molecule has 0 N–H and O–H groups in total. The number of rotatable bonds is 1. The van der Waals surface area contributed by atoms with E-state index in [1.165, 1.54) is 42.5 Å². The van der Waals surface area contributed by atoms with E-state index in [2.05, 4.69) is 4.90 Å². The number of nitrogens with zero attached hydrogens (tertiary/aromatic N) is 2. The van der Waals surface area contributed by atoms with Gasteiger partial charge < -0.3 is 26.4 Å². The lowest BCUT2D eigenvalue weighted by Crippen LogP contribution is -3.00. The minimum Gasteiger partial charge on any atom is -1.00 e. The summed E-state index contributed by atoms with van der Waals surface area (Å²) < 4.78 is 38.9. The van der Waals surface area contributed by atoms with Crippen LogP contribution in [-0.2, 0) is 6.18 Å². The normalized spacial score (nSPS) is 21.4. The lowest BCUT2D eigenvalue weighted by molar-refractivity contribution is -0.917. The van der Waals surface area contributed by atoms with Crippen LogP contribution in [0, 0.1) is 0 Å². The first-order chi connectivity index (χ1) is 9.49. The first kappa shape index (κ1) is 16.6. The molecule has 0 aliphatic carbocycles. The van der Waals surface area contributed by atoms with Gasteiger partial charge in [-0.1, -0.05) is 0 Å². The minimum atomic E-state index is -4.24. The van der Waals surface area contributed by atoms with Crippen LogP contribution in [0.15, 0.2) is 24.3 Å². The molecule has 1 aromatic rings. The summed E-state index contributed by atoms with van der Waals surface area (Å²) in [6.07, 6.45) is -1.61. The molecule has 3 rings (SSSR count). The molecule has 0 amide bonds. The van der Waals surface area contributed by atoms with Gasteiger partial charge in [0.05, 0.1) is 44.8 Å². The van der Waals surface area contributed by atoms with E-state index < -0.39 is 11.7 Å². The van der Waals surface area contributed by atoms with Gasteiger partial charge >= 0.3 is 6.18 Å². The molecule has 118 valence electrons. The number of anilines is 1. The van der Waals surface area contributed by atoms with E-state index in [9.17, 15) is 13.2 Å². The van der Waals surface area contributed by atoms with Crippen molar-refractivity contribution in [3.63, 3.8) is 0 Å². The molecule has 2 aliphatic heterocycles. The van der Waals surface area contributed by atoms with Crippen LogP contribution in [-0.4, -0.2) is 43.8 Å². The first-order valence-corrected chi connectivity index (χ1v) is 7.26. The Balaban J connectivity index is 0.00000161. The zero-order valence-corrected chi connectivity index (χ0v) is 13.5. The number of benzene rings is 1. The Labute approximate surface area is 133 Å². The largest absolute Gasteiger partial charge is 1.00 e. The van der Waals surface area contributed by atoms with E-state index in [4.69, 9.17) is 0 Å². The quantitative estimate of drug-likeness (QED) is 0.641. The maximum absolute atomic E-state index is 12.5. The van der Waals surface area contributed by atoms with Gasteiger partial charge in [0.15, 0.2) is 0 Å². The predicted octanol–water partition coefficient (Wildman–Crippen LogP) is 0.140. The lowest BCUT2D eigenvalue weighted by atomic mass is 10.1. The smallest absolute Gasteiger partial charge is 0.416 e. The van der Waals surface area contributed by atoms with Crippen LogP contribution >= 0.6 is 0 Å². The zero-order valence-electron chi connectivity index (χ0n) is 11.9. The van der Waals surface area contributed by atoms with E-state index in [1.54, 1.807) is 12.1 Å². The van der Waals surface area contributed by atoms with Gasteiger partial charge in [-0.25, -0.2) is 0 Å². The average molecular weight is 365 g/mol. The molecular formula is C15H20BrF3N2. The molecular weight excluding hydrogens is 345 g/mol. The Morgan fingerprint density at radius 3 is 1.86 bits per heavy atom. The Kier molecular flexibility index (Phi) is 4.88. The second-order valence-electron chi connectivity index (χ2n) is 5.97. The molecule has 2 aliphatic rings. The molecule has 2 saturated heterocycles. The molecule has 0 unspecified atom stereocenters. The van der Waals surface area contributed by atoms with Crippen molar-refractivity contribution in [2.75, 3.05) is 44.2 Å². The fraction of sp³-hybridized carbons (Fsp3) is 0.600. The molecule has 2 fully saturated rings. The van der Waals surface area contributed by atoms with Crippen LogP contribution in [0.1, 0.15) is 18.4 Å². The molecule has 0 aromatic heterocycles. The van der Waals surface area contributed by atoms with Crippen molar-refractivity contribution < 1.29 is 34.6 Å². The maximum Gasteiger partial charge on any atom is 0.416 e. The summed E-state index contributed by atoms with van der Waals surface area (Å²) in [6, 6.07) is 5.57. The molecule has 2 heterocycles. The summed E-state index contributed by atoms with van der Waals surface area (Å²) in [5, 5.41) is 0. The monoisotopic (exact) mass is 364 g/mol. The zero-order chi connectivity index (χ0) is 14.2. The van der Waals surface area contributed by atoms with Crippen LogP contribution in [0.25, 0.3) is 0 Å². The van der Waals surface area contributed by atoms with Gasteiger partial charge in [-0.05, 0) is 24.3 Å². The molecule has 21 heavy (non-hydrogen) atoms. The Bertz CT molecular complexity index is 457. The average Bonchev–Trinajstić information content (AvgIpc) is 2.87. The summed E-state index contributed by atoms with van der Waals surface area (Å²) in [5.41, 5.74) is 0.344. The molecule has 0 radical (unpaired) electrons. The fourth-order valence-electron chi connectivity index (χ4n) is 3.46. The van der Waals surface area contributed by atoms with Crippen molar-refractivity contribution in [2.24, 2.45) is 0 Å². The summed E-state index contributed by atoms with van der Waals surface area (Å²) in [5.74, 6) is 0. The third-order valence-electron chi connectivity index (χ3n) is 4.76. The first-order valence-electron chi connectivity index (χ1n) is 7.26. The number of hydrogen-bond donors (Lipinski definition) is 0. The van der Waals surface area contributed by atoms with Crippen LogP contribution in [0.3, 0.4) is 0 Å². The SMILES string of the molecule is FC(F)(F)c1ccc(N2CC[N+]3(CCCC3)CC2)cc1.[Br-]. The van der Waals surface area contributed by atoms with Crippen molar-refractivity contribution in [2.45, 2.75) is 19.0 Å². The third-order valence-corrected chi connectivity index (χ3v) is 4.76. The Morgan fingerprint density at radius 2 is 1.38 bits per heavy atom. The molecule has 0 atom stereocenters. The van der Waals surface area contributed by atoms with Crippen LogP contribution < -0.4 is 21.9 Å². The number of halogens is 4. The highest BCUT2D eigenvalue weighted by Crippen LogP contribution is 2.31. The maximum atomic E-state index is 12.5. The van der Waals surface area contributed by atoms with Gasteiger partial charge in [0.2, 0.25) is 0 Å². The van der Waals surface area contributed by atoms with E-state index in [0.717, 1.165) is 31.9 Å². The van der Waals surface area contributed by atoms with E-state index >= 15 is 0 Å². The standard InChI is InChI=1S/C15H20F3N2.BrH/c16-15(17,18)13-3-5-14(6-4-13)19-7-11-20(12-8-19)9-1-2-10-20;/h3-6H,1-2,7-12H2;1H/q+1;/p-1. The van der Waals surface area contributed by atoms with E-state index in [0.29, 0.717) is 0 Å². The van der Waals surface area contributed by atoms with E-state index in [-0.39, 0.29) is 17.0 Å². The van der Waals surface area contributed by atoms with Gasteiger partial charge in [0.25, 0.3) is 0 Å². The van der Waals surface area contributed by atoms with Gasteiger partial charge in [-0.2, -0.15) is 13.2 Å². The summed E-state index contributed by atoms with van der Waals surface area (Å²) >= 11 is 0. The van der Waals surface area contributed by atoms with Crippen molar-refractivity contribution in [3.05, 3.63) is 29.8 Å². The van der Waals surface area contributed by atoms with Gasteiger partial charge in [0.1, 0.15) is 0 Å². The summed E-state index contributed by atoms with van der Waals surface area (Å²) in [6.45, 7) is 6.71. The second kappa shape index (κ2) is 6.16. The molecule has 0 saturated carbocycles. The lowest BCUT2D eigenvalue weighted by Gasteiger charge is -2.42. The molecule has 2 nitrogen and oxygen atoms in total. The van der Waals surface area contributed by atoms with Crippen LogP contribution in [0.2, 0.25) is 0 Å². The van der Waals surface area contributed by atoms with Gasteiger partial charge in [0, 0.05) is 18.5 Å². The topological polar surface area (TPSA) is 3.24 Å². The Morgan fingerprint density at radius 1 is 0.857 bits per heavy atom.